The second kappa shape index (κ2) is 14.9. The first kappa shape index (κ1) is 36.1. The van der Waals surface area contributed by atoms with Crippen LogP contribution in [0.2, 0.25) is 0 Å². The predicted molar refractivity (Wildman–Crippen MR) is 197 cm³/mol. The summed E-state index contributed by atoms with van der Waals surface area (Å²) < 4.78 is 12.7. The Hall–Kier alpha value is -4.73. The van der Waals surface area contributed by atoms with Crippen molar-refractivity contribution in [3.8, 4) is 5.75 Å². The topological polar surface area (TPSA) is 99.6 Å². The third-order valence-corrected chi connectivity index (χ3v) is 11.1. The van der Waals surface area contributed by atoms with E-state index in [1.165, 1.54) is 0 Å². The van der Waals surface area contributed by atoms with Crippen LogP contribution >= 0.6 is 0 Å². The molecular weight excluding hydrogens is 642 g/mol. The average molecular weight is 692 g/mol. The highest BCUT2D eigenvalue weighted by molar-refractivity contribution is 6.03. The standard InChI is InChI=1S/C42H49N3O6/c1-6-23-43(27-31-17-13-10-14-18-31)40(49)37-42-26-29(4)41(5,51-42)35(38(47)44(24-7-2)32-19-21-34(22-20-32)50-8-3)36(42)39(48)45(37)33(28-46)25-30-15-11-9-12-16-30/h6-7,9-22,29,33,35-37,46H,1-2,8,23-28H2,3-5H3/t29?,33-,35+,36+,37?,41-,42?/m1/s1. The van der Waals surface area contributed by atoms with E-state index in [4.69, 9.17) is 9.47 Å². The quantitative estimate of drug-likeness (QED) is 0.214. The molecule has 3 fully saturated rings. The zero-order valence-electron chi connectivity index (χ0n) is 29.8. The number of carbonyl (C=O) groups excluding carboxylic acids is 3. The number of nitrogens with zero attached hydrogens (tertiary/aromatic N) is 3. The Labute approximate surface area is 301 Å². The van der Waals surface area contributed by atoms with Gasteiger partial charge in [0.05, 0.1) is 36.7 Å². The van der Waals surface area contributed by atoms with Gasteiger partial charge in [0.15, 0.2) is 0 Å². The number of ether oxygens (including phenoxy) is 2. The van der Waals surface area contributed by atoms with E-state index >= 15 is 14.4 Å². The molecule has 2 bridgehead atoms. The van der Waals surface area contributed by atoms with Gasteiger partial charge >= 0.3 is 0 Å². The first-order valence-electron chi connectivity index (χ1n) is 17.9. The van der Waals surface area contributed by atoms with Gasteiger partial charge in [0.2, 0.25) is 17.7 Å². The Balaban J connectivity index is 1.45. The van der Waals surface area contributed by atoms with Crippen LogP contribution < -0.4 is 9.64 Å². The second-order valence-corrected chi connectivity index (χ2v) is 14.1. The monoisotopic (exact) mass is 691 g/mol. The van der Waals surface area contributed by atoms with Crippen LogP contribution in [-0.2, 0) is 32.1 Å². The Morgan fingerprint density at radius 3 is 2.20 bits per heavy atom. The number of anilines is 1. The summed E-state index contributed by atoms with van der Waals surface area (Å²) in [5, 5.41) is 10.9. The van der Waals surface area contributed by atoms with E-state index in [0.29, 0.717) is 37.4 Å². The minimum absolute atomic E-state index is 0.152. The predicted octanol–water partition coefficient (Wildman–Crippen LogP) is 5.43. The Morgan fingerprint density at radius 2 is 1.61 bits per heavy atom. The van der Waals surface area contributed by atoms with E-state index in [0.717, 1.165) is 11.1 Å². The Bertz CT molecular complexity index is 1730. The van der Waals surface area contributed by atoms with Crippen LogP contribution in [0.15, 0.2) is 110 Å². The van der Waals surface area contributed by atoms with Crippen molar-refractivity contribution >= 4 is 23.4 Å². The molecule has 6 rings (SSSR count). The van der Waals surface area contributed by atoms with Gasteiger partial charge in [0.1, 0.15) is 17.4 Å². The summed E-state index contributed by atoms with van der Waals surface area (Å²) in [6, 6.07) is 24.8. The SMILES string of the molecule is C=CCN(Cc1ccccc1)C(=O)C1N([C@@H](CO)Cc2ccccc2)C(=O)[C@@H]2[C@@H](C(=O)N(CC=C)c3ccc(OCC)cc3)[C@]3(C)OC12CC3C. The van der Waals surface area contributed by atoms with Crippen LogP contribution in [0.1, 0.15) is 38.3 Å². The molecule has 7 atom stereocenters. The van der Waals surface area contributed by atoms with Gasteiger partial charge in [-0.05, 0) is 68.0 Å². The molecule has 9 heteroatoms. The summed E-state index contributed by atoms with van der Waals surface area (Å²) in [6.07, 6.45) is 4.09. The largest absolute Gasteiger partial charge is 0.494 e. The molecule has 1 spiro atoms. The molecule has 3 aromatic carbocycles. The average Bonchev–Trinajstić information content (AvgIpc) is 3.66. The highest BCUT2D eigenvalue weighted by atomic mass is 16.5. The molecule has 3 amide bonds. The minimum atomic E-state index is -1.29. The Kier molecular flexibility index (Phi) is 10.5. The number of carbonyl (C=O) groups is 3. The second-order valence-electron chi connectivity index (χ2n) is 14.1. The van der Waals surface area contributed by atoms with Crippen molar-refractivity contribution in [3.05, 3.63) is 121 Å². The number of fused-ring (bicyclic) bond motifs is 1. The van der Waals surface area contributed by atoms with E-state index in [2.05, 4.69) is 13.2 Å². The summed E-state index contributed by atoms with van der Waals surface area (Å²) in [5.74, 6) is -2.20. The normalized spacial score (nSPS) is 26.7. The zero-order valence-corrected chi connectivity index (χ0v) is 29.8. The van der Waals surface area contributed by atoms with Crippen LogP contribution in [0.25, 0.3) is 0 Å². The fourth-order valence-electron chi connectivity index (χ4n) is 8.74. The lowest BCUT2D eigenvalue weighted by atomic mass is 9.62. The summed E-state index contributed by atoms with van der Waals surface area (Å²) >= 11 is 0. The maximum Gasteiger partial charge on any atom is 0.249 e. The molecule has 268 valence electrons. The van der Waals surface area contributed by atoms with Crippen molar-refractivity contribution in [1.82, 2.24) is 9.80 Å². The number of aliphatic hydroxyl groups is 1. The lowest BCUT2D eigenvalue weighted by molar-refractivity contribution is -0.155. The van der Waals surface area contributed by atoms with Crippen LogP contribution in [-0.4, -0.2) is 82.2 Å². The molecule has 1 N–H and O–H groups in total. The van der Waals surface area contributed by atoms with Gasteiger partial charge in [-0.25, -0.2) is 0 Å². The van der Waals surface area contributed by atoms with E-state index in [-0.39, 0.29) is 43.3 Å². The lowest BCUT2D eigenvalue weighted by Gasteiger charge is -2.39. The number of aliphatic hydroxyl groups excluding tert-OH is 1. The van der Waals surface area contributed by atoms with Crippen molar-refractivity contribution in [1.29, 1.82) is 0 Å². The van der Waals surface area contributed by atoms with E-state index in [9.17, 15) is 5.11 Å². The van der Waals surface area contributed by atoms with E-state index in [1.54, 1.807) is 26.9 Å². The minimum Gasteiger partial charge on any atom is -0.494 e. The summed E-state index contributed by atoms with van der Waals surface area (Å²) in [7, 11) is 0. The third kappa shape index (κ3) is 6.38. The van der Waals surface area contributed by atoms with Crippen molar-refractivity contribution in [3.63, 3.8) is 0 Å². The molecule has 0 radical (unpaired) electrons. The number of hydrogen-bond donors (Lipinski definition) is 1. The van der Waals surface area contributed by atoms with Gasteiger partial charge in [0.25, 0.3) is 0 Å². The van der Waals surface area contributed by atoms with Crippen molar-refractivity contribution in [2.24, 2.45) is 17.8 Å². The summed E-state index contributed by atoms with van der Waals surface area (Å²) in [5.41, 5.74) is 0.179. The van der Waals surface area contributed by atoms with E-state index in [1.807, 2.05) is 106 Å². The maximum atomic E-state index is 15.1. The molecule has 3 aromatic rings. The molecular formula is C42H49N3O6. The highest BCUT2D eigenvalue weighted by Crippen LogP contribution is 2.66. The molecule has 51 heavy (non-hydrogen) atoms. The first-order valence-corrected chi connectivity index (χ1v) is 17.9. The number of hydrogen-bond acceptors (Lipinski definition) is 6. The van der Waals surface area contributed by atoms with Gasteiger partial charge in [-0.3, -0.25) is 14.4 Å². The summed E-state index contributed by atoms with van der Waals surface area (Å²) in [4.78, 5) is 50.2. The van der Waals surface area contributed by atoms with Crippen LogP contribution in [0, 0.1) is 17.8 Å². The van der Waals surface area contributed by atoms with Gasteiger partial charge in [-0.15, -0.1) is 13.2 Å². The van der Waals surface area contributed by atoms with Crippen molar-refractivity contribution in [2.45, 2.75) is 63.4 Å². The van der Waals surface area contributed by atoms with Crippen molar-refractivity contribution in [2.75, 3.05) is 31.2 Å². The fourth-order valence-corrected chi connectivity index (χ4v) is 8.74. The molecule has 3 unspecified atom stereocenters. The Morgan fingerprint density at radius 1 is 0.980 bits per heavy atom. The molecule has 3 heterocycles. The number of rotatable bonds is 15. The summed E-state index contributed by atoms with van der Waals surface area (Å²) in [6.45, 7) is 14.6. The van der Waals surface area contributed by atoms with E-state index < -0.39 is 35.1 Å². The molecule has 0 aliphatic carbocycles. The maximum absolute atomic E-state index is 15.1. The molecule has 0 saturated carbocycles. The molecule has 3 saturated heterocycles. The van der Waals surface area contributed by atoms with Gasteiger partial charge in [0, 0.05) is 25.3 Å². The van der Waals surface area contributed by atoms with Gasteiger partial charge in [-0.1, -0.05) is 79.7 Å². The van der Waals surface area contributed by atoms with Crippen LogP contribution in [0.5, 0.6) is 5.75 Å². The zero-order chi connectivity index (χ0) is 36.3. The van der Waals surface area contributed by atoms with Crippen LogP contribution in [0.4, 0.5) is 5.69 Å². The number of benzene rings is 3. The lowest BCUT2D eigenvalue weighted by Crippen LogP contribution is -2.59. The smallest absolute Gasteiger partial charge is 0.249 e. The fraction of sp³-hybridized carbons (Fsp3) is 0.405. The molecule has 3 aliphatic rings. The molecule has 3 aliphatic heterocycles. The van der Waals surface area contributed by atoms with Crippen molar-refractivity contribution < 1.29 is 29.0 Å². The number of amides is 3. The van der Waals surface area contributed by atoms with Gasteiger partial charge in [-0.2, -0.15) is 0 Å². The number of likely N-dealkylation sites (tertiary alicyclic amines) is 1. The van der Waals surface area contributed by atoms with Gasteiger partial charge < -0.3 is 29.3 Å². The first-order chi connectivity index (χ1) is 24.6. The molecule has 9 nitrogen and oxygen atoms in total. The molecule has 0 aromatic heterocycles. The van der Waals surface area contributed by atoms with Crippen LogP contribution in [0.3, 0.4) is 0 Å². The highest BCUT2D eigenvalue weighted by Gasteiger charge is 2.80. The third-order valence-electron chi connectivity index (χ3n) is 11.1.